The molecule has 1 aliphatic heterocycles. The first kappa shape index (κ1) is 15.9. The number of aryl methyl sites for hydroxylation is 1. The van der Waals surface area contributed by atoms with Crippen LogP contribution in [0.3, 0.4) is 0 Å². The number of rotatable bonds is 5. The van der Waals surface area contributed by atoms with Crippen LogP contribution in [0.2, 0.25) is 0 Å². The van der Waals surface area contributed by atoms with Crippen LogP contribution >= 0.6 is 0 Å². The van der Waals surface area contributed by atoms with E-state index in [4.69, 9.17) is 0 Å². The molecule has 0 saturated carbocycles. The first-order valence-corrected chi connectivity index (χ1v) is 9.50. The number of hydrogen-bond acceptors (Lipinski definition) is 3. The average molecular weight is 324 g/mol. The van der Waals surface area contributed by atoms with Gasteiger partial charge in [0.1, 0.15) is 0 Å². The highest BCUT2D eigenvalue weighted by Gasteiger charge is 2.38. The number of nitrogens with zero attached hydrogens (tertiary/aromatic N) is 2. The summed E-state index contributed by atoms with van der Waals surface area (Å²) in [4.78, 5) is 0. The maximum absolute atomic E-state index is 13.0. The normalized spacial score (nSPS) is 22.9. The van der Waals surface area contributed by atoms with Gasteiger partial charge in [-0.15, -0.1) is 0 Å². The summed E-state index contributed by atoms with van der Waals surface area (Å²) in [5, 5.41) is 9.38. The molecule has 0 bridgehead atoms. The Bertz CT molecular complexity index is 612. The van der Waals surface area contributed by atoms with Crippen LogP contribution in [-0.2, 0) is 16.6 Å². The van der Waals surface area contributed by atoms with Gasteiger partial charge >= 0.3 is 0 Å². The molecule has 1 N–H and O–H groups in total. The third-order valence-corrected chi connectivity index (χ3v) is 6.75. The zero-order valence-electron chi connectivity index (χ0n) is 12.8. The fraction of sp³-hybridized carbons (Fsp3) is 0.625. The smallest absolute Gasteiger partial charge is 0.282 e. The summed E-state index contributed by atoms with van der Waals surface area (Å²) in [6, 6.07) is 7.90. The molecular weight excluding hydrogens is 300 g/mol. The van der Waals surface area contributed by atoms with Crippen molar-refractivity contribution in [3.8, 4) is 0 Å². The molecule has 1 unspecified atom stereocenters. The third kappa shape index (κ3) is 2.93. The molecule has 1 aromatic carbocycles. The standard InChI is InChI=1S/C16H24N2O3S/c19-13-12-18(22(20,21)17-10-4-1-5-11-17)16-9-8-14-6-2-3-7-15(14)16/h2-3,6-7,16,19H,1,4-5,8-13H2. The molecule has 22 heavy (non-hydrogen) atoms. The van der Waals surface area contributed by atoms with Gasteiger partial charge < -0.3 is 5.11 Å². The molecule has 0 spiro atoms. The molecule has 0 amide bonds. The van der Waals surface area contributed by atoms with E-state index in [0.29, 0.717) is 13.1 Å². The van der Waals surface area contributed by atoms with Gasteiger partial charge in [0.2, 0.25) is 0 Å². The first-order valence-electron chi connectivity index (χ1n) is 8.10. The fourth-order valence-electron chi connectivity index (χ4n) is 3.61. The van der Waals surface area contributed by atoms with Gasteiger partial charge in [-0.3, -0.25) is 0 Å². The molecule has 3 rings (SSSR count). The summed E-state index contributed by atoms with van der Waals surface area (Å²) in [5.74, 6) is 0. The highest BCUT2D eigenvalue weighted by Crippen LogP contribution is 2.37. The molecule has 1 aliphatic carbocycles. The lowest BCUT2D eigenvalue weighted by Gasteiger charge is -2.35. The lowest BCUT2D eigenvalue weighted by Crippen LogP contribution is -2.48. The maximum Gasteiger partial charge on any atom is 0.282 e. The van der Waals surface area contributed by atoms with E-state index in [-0.39, 0.29) is 19.2 Å². The molecule has 5 nitrogen and oxygen atoms in total. The van der Waals surface area contributed by atoms with Gasteiger partial charge in [-0.25, -0.2) is 0 Å². The van der Waals surface area contributed by atoms with Crippen LogP contribution in [0.15, 0.2) is 24.3 Å². The molecule has 1 aromatic rings. The van der Waals surface area contributed by atoms with Gasteiger partial charge in [-0.05, 0) is 36.8 Å². The second kappa shape index (κ2) is 6.66. The molecule has 0 aromatic heterocycles. The number of aliphatic hydroxyl groups is 1. The summed E-state index contributed by atoms with van der Waals surface area (Å²) in [6.45, 7) is 1.21. The van der Waals surface area contributed by atoms with E-state index in [0.717, 1.165) is 37.7 Å². The predicted octanol–water partition coefficient (Wildman–Crippen LogP) is 1.70. The van der Waals surface area contributed by atoms with Crippen LogP contribution in [0, 0.1) is 0 Å². The van der Waals surface area contributed by atoms with E-state index in [1.54, 1.807) is 4.31 Å². The van der Waals surface area contributed by atoms with Crippen molar-refractivity contribution in [3.05, 3.63) is 35.4 Å². The lowest BCUT2D eigenvalue weighted by atomic mass is 10.1. The van der Waals surface area contributed by atoms with E-state index in [2.05, 4.69) is 6.07 Å². The predicted molar refractivity (Wildman–Crippen MR) is 85.6 cm³/mol. The minimum absolute atomic E-state index is 0.143. The zero-order chi connectivity index (χ0) is 15.6. The largest absolute Gasteiger partial charge is 0.395 e. The van der Waals surface area contributed by atoms with Crippen LogP contribution in [0.4, 0.5) is 0 Å². The molecule has 2 aliphatic rings. The van der Waals surface area contributed by atoms with Crippen molar-refractivity contribution >= 4 is 10.2 Å². The van der Waals surface area contributed by atoms with Gasteiger partial charge in [0.05, 0.1) is 12.6 Å². The van der Waals surface area contributed by atoms with Crippen LogP contribution in [0.1, 0.15) is 42.9 Å². The molecule has 6 heteroatoms. The van der Waals surface area contributed by atoms with Crippen molar-refractivity contribution in [2.45, 2.75) is 38.1 Å². The Labute approximate surface area is 132 Å². The van der Waals surface area contributed by atoms with Gasteiger partial charge in [0.25, 0.3) is 10.2 Å². The molecule has 0 radical (unpaired) electrons. The van der Waals surface area contributed by atoms with Gasteiger partial charge in [0.15, 0.2) is 0 Å². The van der Waals surface area contributed by atoms with Crippen molar-refractivity contribution in [3.63, 3.8) is 0 Å². The van der Waals surface area contributed by atoms with Crippen molar-refractivity contribution in [1.82, 2.24) is 8.61 Å². The summed E-state index contributed by atoms with van der Waals surface area (Å²) in [6.07, 6.45) is 4.64. The Morgan fingerprint density at radius 3 is 2.64 bits per heavy atom. The molecule has 122 valence electrons. The number of aliphatic hydroxyl groups excluding tert-OH is 1. The van der Waals surface area contributed by atoms with Gasteiger partial charge in [-0.2, -0.15) is 17.0 Å². The van der Waals surface area contributed by atoms with Crippen molar-refractivity contribution < 1.29 is 13.5 Å². The van der Waals surface area contributed by atoms with E-state index >= 15 is 0 Å². The molecule has 1 heterocycles. The number of benzene rings is 1. The summed E-state index contributed by atoms with van der Waals surface area (Å²) in [5.41, 5.74) is 2.32. The van der Waals surface area contributed by atoms with Crippen molar-refractivity contribution in [1.29, 1.82) is 0 Å². The van der Waals surface area contributed by atoms with E-state index in [9.17, 15) is 13.5 Å². The average Bonchev–Trinajstić information content (AvgIpc) is 2.97. The minimum atomic E-state index is -3.51. The summed E-state index contributed by atoms with van der Waals surface area (Å²) >= 11 is 0. The summed E-state index contributed by atoms with van der Waals surface area (Å²) in [7, 11) is -3.51. The second-order valence-electron chi connectivity index (χ2n) is 6.06. The lowest BCUT2D eigenvalue weighted by molar-refractivity contribution is 0.209. The van der Waals surface area contributed by atoms with E-state index in [1.165, 1.54) is 9.87 Å². The van der Waals surface area contributed by atoms with Crippen LogP contribution < -0.4 is 0 Å². The SMILES string of the molecule is O=S(=O)(N1CCCCC1)N(CCO)C1CCc2ccccc21. The highest BCUT2D eigenvalue weighted by atomic mass is 32.2. The maximum atomic E-state index is 13.0. The molecule has 1 fully saturated rings. The second-order valence-corrected chi connectivity index (χ2v) is 7.94. The number of hydrogen-bond donors (Lipinski definition) is 1. The highest BCUT2D eigenvalue weighted by molar-refractivity contribution is 7.86. The third-order valence-electron chi connectivity index (χ3n) is 4.71. The monoisotopic (exact) mass is 324 g/mol. The Morgan fingerprint density at radius 1 is 1.18 bits per heavy atom. The zero-order valence-corrected chi connectivity index (χ0v) is 13.6. The Hall–Kier alpha value is -0.950. The fourth-order valence-corrected chi connectivity index (χ4v) is 5.48. The molecular formula is C16H24N2O3S. The van der Waals surface area contributed by atoms with Crippen molar-refractivity contribution in [2.24, 2.45) is 0 Å². The Balaban J connectivity index is 1.90. The molecule has 1 atom stereocenters. The molecule has 1 saturated heterocycles. The van der Waals surface area contributed by atoms with Crippen LogP contribution in [0.5, 0.6) is 0 Å². The Morgan fingerprint density at radius 2 is 1.91 bits per heavy atom. The van der Waals surface area contributed by atoms with E-state index < -0.39 is 10.2 Å². The van der Waals surface area contributed by atoms with Gasteiger partial charge in [-0.1, -0.05) is 30.7 Å². The minimum Gasteiger partial charge on any atom is -0.395 e. The quantitative estimate of drug-likeness (QED) is 0.897. The number of fused-ring (bicyclic) bond motifs is 1. The van der Waals surface area contributed by atoms with Gasteiger partial charge in [0, 0.05) is 19.6 Å². The first-order chi connectivity index (χ1) is 10.6. The van der Waals surface area contributed by atoms with Crippen LogP contribution in [-0.4, -0.2) is 48.4 Å². The van der Waals surface area contributed by atoms with Crippen LogP contribution in [0.25, 0.3) is 0 Å². The summed E-state index contributed by atoms with van der Waals surface area (Å²) < 4.78 is 29.1. The van der Waals surface area contributed by atoms with E-state index in [1.807, 2.05) is 18.2 Å². The topological polar surface area (TPSA) is 60.9 Å². The number of piperidine rings is 1. The Kier molecular flexibility index (Phi) is 4.82. The van der Waals surface area contributed by atoms with Crippen molar-refractivity contribution in [2.75, 3.05) is 26.2 Å².